The maximum absolute atomic E-state index is 12.9. The Kier molecular flexibility index (Phi) is 5.02. The quantitative estimate of drug-likeness (QED) is 0.782. The average Bonchev–Trinajstić information content (AvgIpc) is 3.14. The number of aryl methyl sites for hydroxylation is 1. The predicted molar refractivity (Wildman–Crippen MR) is 88.1 cm³/mol. The van der Waals surface area contributed by atoms with Crippen LogP contribution in [0.4, 0.5) is 0 Å². The first-order valence-corrected chi connectivity index (χ1v) is 8.61. The first-order valence-electron chi connectivity index (χ1n) is 8.61. The number of carbonyl (C=O) groups is 1. The van der Waals surface area contributed by atoms with Crippen LogP contribution in [-0.2, 0) is 23.0 Å². The van der Waals surface area contributed by atoms with Gasteiger partial charge in [-0.2, -0.15) is 5.10 Å². The van der Waals surface area contributed by atoms with Gasteiger partial charge >= 0.3 is 0 Å². The van der Waals surface area contributed by atoms with Gasteiger partial charge in [0.25, 0.3) is 0 Å². The van der Waals surface area contributed by atoms with Crippen molar-refractivity contribution in [1.29, 1.82) is 0 Å². The van der Waals surface area contributed by atoms with Crippen LogP contribution in [0.15, 0.2) is 12.4 Å². The van der Waals surface area contributed by atoms with Crippen molar-refractivity contribution >= 4 is 5.91 Å². The fraction of sp³-hybridized carbons (Fsp3) is 0.765. The van der Waals surface area contributed by atoms with E-state index in [2.05, 4.69) is 16.2 Å². The molecule has 1 amide bonds. The van der Waals surface area contributed by atoms with Crippen molar-refractivity contribution in [3.8, 4) is 0 Å². The minimum Gasteiger partial charge on any atom is -0.383 e. The summed E-state index contributed by atoms with van der Waals surface area (Å²) in [6.07, 6.45) is 8.17. The second kappa shape index (κ2) is 7.01. The number of piperidine rings is 1. The van der Waals surface area contributed by atoms with Crippen molar-refractivity contribution in [2.24, 2.45) is 12.5 Å². The van der Waals surface area contributed by atoms with Gasteiger partial charge in [-0.1, -0.05) is 0 Å². The van der Waals surface area contributed by atoms with Crippen molar-refractivity contribution in [3.05, 3.63) is 18.0 Å². The summed E-state index contributed by atoms with van der Waals surface area (Å²) in [4.78, 5) is 17.4. The van der Waals surface area contributed by atoms with Crippen LogP contribution in [0.1, 0.15) is 24.8 Å². The first kappa shape index (κ1) is 16.5. The highest BCUT2D eigenvalue weighted by Crippen LogP contribution is 2.39. The SMILES string of the molecule is COCCN1CCC[C@]2(CCN(CCc3cnn(C)c3)C2)C1=O. The highest BCUT2D eigenvalue weighted by Gasteiger charge is 2.47. The number of aromatic nitrogens is 2. The Morgan fingerprint density at radius 2 is 2.17 bits per heavy atom. The molecule has 0 unspecified atom stereocenters. The van der Waals surface area contributed by atoms with Gasteiger partial charge in [0.15, 0.2) is 0 Å². The van der Waals surface area contributed by atoms with Crippen LogP contribution in [0.5, 0.6) is 0 Å². The van der Waals surface area contributed by atoms with E-state index in [1.54, 1.807) is 7.11 Å². The van der Waals surface area contributed by atoms with Gasteiger partial charge in [-0.15, -0.1) is 0 Å². The Labute approximate surface area is 138 Å². The Hall–Kier alpha value is -1.40. The number of methoxy groups -OCH3 is 1. The third-order valence-corrected chi connectivity index (χ3v) is 5.30. The second-order valence-corrected chi connectivity index (χ2v) is 6.97. The summed E-state index contributed by atoms with van der Waals surface area (Å²) in [5, 5.41) is 4.22. The van der Waals surface area contributed by atoms with E-state index in [1.165, 1.54) is 5.56 Å². The van der Waals surface area contributed by atoms with E-state index in [4.69, 9.17) is 4.74 Å². The normalized spacial score (nSPS) is 25.7. The topological polar surface area (TPSA) is 50.6 Å². The van der Waals surface area contributed by atoms with Gasteiger partial charge in [0.05, 0.1) is 18.2 Å². The fourth-order valence-electron chi connectivity index (χ4n) is 3.98. The molecule has 1 spiro atoms. The Morgan fingerprint density at radius 1 is 1.30 bits per heavy atom. The zero-order valence-electron chi connectivity index (χ0n) is 14.3. The number of hydrogen-bond acceptors (Lipinski definition) is 4. The number of carbonyl (C=O) groups excluding carboxylic acids is 1. The maximum Gasteiger partial charge on any atom is 0.230 e. The molecule has 0 bridgehead atoms. The fourth-order valence-corrected chi connectivity index (χ4v) is 3.98. The van der Waals surface area contributed by atoms with Crippen molar-refractivity contribution in [2.45, 2.75) is 25.7 Å². The van der Waals surface area contributed by atoms with E-state index in [-0.39, 0.29) is 5.41 Å². The lowest BCUT2D eigenvalue weighted by atomic mass is 9.78. The number of nitrogens with zero attached hydrogens (tertiary/aromatic N) is 4. The average molecular weight is 320 g/mol. The third kappa shape index (κ3) is 3.58. The summed E-state index contributed by atoms with van der Waals surface area (Å²) >= 11 is 0. The molecular weight excluding hydrogens is 292 g/mol. The minimum absolute atomic E-state index is 0.138. The molecule has 0 radical (unpaired) electrons. The van der Waals surface area contributed by atoms with Gasteiger partial charge in [-0.25, -0.2) is 0 Å². The molecule has 2 saturated heterocycles. The Morgan fingerprint density at radius 3 is 2.91 bits per heavy atom. The van der Waals surface area contributed by atoms with Gasteiger partial charge in [0, 0.05) is 46.5 Å². The largest absolute Gasteiger partial charge is 0.383 e. The summed E-state index contributed by atoms with van der Waals surface area (Å²) < 4.78 is 6.99. The van der Waals surface area contributed by atoms with E-state index in [1.807, 2.05) is 22.8 Å². The minimum atomic E-state index is -0.138. The summed E-state index contributed by atoms with van der Waals surface area (Å²) in [6, 6.07) is 0. The molecular formula is C17H28N4O2. The zero-order valence-corrected chi connectivity index (χ0v) is 14.3. The molecule has 2 fully saturated rings. The van der Waals surface area contributed by atoms with E-state index in [0.29, 0.717) is 12.5 Å². The number of likely N-dealkylation sites (tertiary alicyclic amines) is 2. The number of ether oxygens (including phenoxy) is 1. The van der Waals surface area contributed by atoms with Crippen LogP contribution in [0.2, 0.25) is 0 Å². The zero-order chi connectivity index (χ0) is 16.3. The standard InChI is InChI=1S/C17H28N4O2/c1-19-13-15(12-18-19)4-8-20-9-6-17(14-20)5-3-7-21(16(17)22)10-11-23-2/h12-13H,3-11,14H2,1-2H3/t17-/m1/s1. The van der Waals surface area contributed by atoms with Gasteiger partial charge in [0.2, 0.25) is 5.91 Å². The first-order chi connectivity index (χ1) is 11.1. The molecule has 1 aromatic heterocycles. The van der Waals surface area contributed by atoms with Crippen LogP contribution < -0.4 is 0 Å². The number of hydrogen-bond donors (Lipinski definition) is 0. The van der Waals surface area contributed by atoms with Gasteiger partial charge < -0.3 is 14.5 Å². The van der Waals surface area contributed by atoms with E-state index >= 15 is 0 Å². The molecule has 6 nitrogen and oxygen atoms in total. The summed E-state index contributed by atoms with van der Waals surface area (Å²) in [6.45, 7) is 5.21. The van der Waals surface area contributed by atoms with Crippen LogP contribution >= 0.6 is 0 Å². The number of rotatable bonds is 6. The van der Waals surface area contributed by atoms with Crippen LogP contribution in [0.25, 0.3) is 0 Å². The molecule has 128 valence electrons. The second-order valence-electron chi connectivity index (χ2n) is 6.97. The highest BCUT2D eigenvalue weighted by atomic mass is 16.5. The van der Waals surface area contributed by atoms with Crippen molar-refractivity contribution in [3.63, 3.8) is 0 Å². The van der Waals surface area contributed by atoms with Crippen LogP contribution in [0, 0.1) is 5.41 Å². The molecule has 2 aliphatic heterocycles. The summed E-state index contributed by atoms with van der Waals surface area (Å²) in [7, 11) is 3.64. The lowest BCUT2D eigenvalue weighted by molar-refractivity contribution is -0.146. The number of amides is 1. The third-order valence-electron chi connectivity index (χ3n) is 5.30. The molecule has 23 heavy (non-hydrogen) atoms. The maximum atomic E-state index is 12.9. The summed E-state index contributed by atoms with van der Waals surface area (Å²) in [5.41, 5.74) is 1.13. The molecule has 2 aliphatic rings. The molecule has 0 N–H and O–H groups in total. The van der Waals surface area contributed by atoms with E-state index in [0.717, 1.165) is 58.4 Å². The van der Waals surface area contributed by atoms with Crippen molar-refractivity contribution in [1.82, 2.24) is 19.6 Å². The molecule has 0 aromatic carbocycles. The molecule has 0 saturated carbocycles. The Bertz CT molecular complexity index is 544. The molecule has 6 heteroatoms. The lowest BCUT2D eigenvalue weighted by Crippen LogP contribution is -2.51. The van der Waals surface area contributed by atoms with Gasteiger partial charge in [-0.3, -0.25) is 9.48 Å². The van der Waals surface area contributed by atoms with Gasteiger partial charge in [-0.05, 0) is 37.8 Å². The smallest absolute Gasteiger partial charge is 0.230 e. The molecule has 1 aromatic rings. The molecule has 0 aliphatic carbocycles. The van der Waals surface area contributed by atoms with E-state index < -0.39 is 0 Å². The van der Waals surface area contributed by atoms with Crippen molar-refractivity contribution < 1.29 is 9.53 Å². The van der Waals surface area contributed by atoms with Gasteiger partial charge in [0.1, 0.15) is 0 Å². The van der Waals surface area contributed by atoms with Crippen molar-refractivity contribution in [2.75, 3.05) is 46.4 Å². The van der Waals surface area contributed by atoms with Crippen LogP contribution in [0.3, 0.4) is 0 Å². The predicted octanol–water partition coefficient (Wildman–Crippen LogP) is 0.924. The van der Waals surface area contributed by atoms with Crippen LogP contribution in [-0.4, -0.2) is 71.9 Å². The highest BCUT2D eigenvalue weighted by molar-refractivity contribution is 5.84. The summed E-state index contributed by atoms with van der Waals surface area (Å²) in [5.74, 6) is 0.352. The Balaban J connectivity index is 1.55. The lowest BCUT2D eigenvalue weighted by Gasteiger charge is -2.39. The molecule has 1 atom stereocenters. The molecule has 3 heterocycles. The molecule has 3 rings (SSSR count). The monoisotopic (exact) mass is 320 g/mol. The van der Waals surface area contributed by atoms with E-state index in [9.17, 15) is 4.79 Å².